The summed E-state index contributed by atoms with van der Waals surface area (Å²) in [5, 5.41) is 3.22. The summed E-state index contributed by atoms with van der Waals surface area (Å²) in [6.45, 7) is 15.9. The van der Waals surface area contributed by atoms with Crippen LogP contribution in [0.25, 0.3) is 0 Å². The summed E-state index contributed by atoms with van der Waals surface area (Å²) >= 11 is 0. The topological polar surface area (TPSA) is 32.3 Å². The molecule has 0 bridgehead atoms. The van der Waals surface area contributed by atoms with E-state index in [1.54, 1.807) is 0 Å². The molecule has 0 aromatic heterocycles. The van der Waals surface area contributed by atoms with Gasteiger partial charge in [-0.2, -0.15) is 0 Å². The molecule has 3 heteroatoms. The molecule has 0 aromatic carbocycles. The van der Waals surface area contributed by atoms with E-state index >= 15 is 0 Å². The minimum absolute atomic E-state index is 0.0948. The van der Waals surface area contributed by atoms with Crippen LogP contribution in [0, 0.1) is 17.8 Å². The number of carbonyl (C=O) groups is 1. The zero-order valence-corrected chi connectivity index (χ0v) is 21.1. The minimum Gasteiger partial charge on any atom is -0.337 e. The Morgan fingerprint density at radius 2 is 1.57 bits per heavy atom. The Morgan fingerprint density at radius 1 is 0.967 bits per heavy atom. The maximum Gasteiger partial charge on any atom is 0.245 e. The van der Waals surface area contributed by atoms with Crippen LogP contribution < -0.4 is 5.32 Å². The van der Waals surface area contributed by atoms with E-state index in [0.29, 0.717) is 0 Å². The second-order valence-electron chi connectivity index (χ2n) is 10.5. The Hall–Kier alpha value is -0.830. The van der Waals surface area contributed by atoms with Crippen molar-refractivity contribution in [3.8, 4) is 0 Å². The molecule has 3 nitrogen and oxygen atoms in total. The lowest BCUT2D eigenvalue weighted by Crippen LogP contribution is -2.50. The van der Waals surface area contributed by atoms with E-state index in [-0.39, 0.29) is 12.1 Å². The second-order valence-corrected chi connectivity index (χ2v) is 10.5. The van der Waals surface area contributed by atoms with E-state index in [2.05, 4.69) is 51.8 Å². The molecule has 1 rings (SSSR count). The number of nitrogens with one attached hydrogen (secondary N) is 1. The van der Waals surface area contributed by atoms with Gasteiger partial charge in [-0.05, 0) is 63.3 Å². The maximum atomic E-state index is 12.4. The number of rotatable bonds is 15. The van der Waals surface area contributed by atoms with Gasteiger partial charge in [0.05, 0.1) is 6.17 Å². The van der Waals surface area contributed by atoms with Crippen LogP contribution in [0.5, 0.6) is 0 Å². The summed E-state index contributed by atoms with van der Waals surface area (Å²) in [5.41, 5.74) is 1.22. The molecule has 0 spiro atoms. The van der Waals surface area contributed by atoms with Crippen LogP contribution >= 0.6 is 0 Å². The van der Waals surface area contributed by atoms with Crippen LogP contribution in [0.15, 0.2) is 11.6 Å². The lowest BCUT2D eigenvalue weighted by Gasteiger charge is -2.35. The number of allylic oxidation sites excluding steroid dienone is 1. The lowest BCUT2D eigenvalue weighted by atomic mass is 9.91. The first-order chi connectivity index (χ1) is 14.3. The monoisotopic (exact) mass is 420 g/mol. The second kappa shape index (κ2) is 15.9. The van der Waals surface area contributed by atoms with Gasteiger partial charge in [0.2, 0.25) is 5.91 Å². The largest absolute Gasteiger partial charge is 0.337 e. The molecule has 1 aliphatic heterocycles. The summed E-state index contributed by atoms with van der Waals surface area (Å²) in [6.07, 6.45) is 17.4. The zero-order chi connectivity index (χ0) is 22.4. The van der Waals surface area contributed by atoms with Crippen molar-refractivity contribution < 1.29 is 4.79 Å². The Bertz CT molecular complexity index is 485. The first-order valence-corrected chi connectivity index (χ1v) is 13.0. The number of piperidine rings is 1. The number of likely N-dealkylation sites (tertiary alicyclic amines) is 1. The summed E-state index contributed by atoms with van der Waals surface area (Å²) in [5.74, 6) is 2.62. The quantitative estimate of drug-likeness (QED) is 0.281. The molecule has 1 amide bonds. The molecule has 0 radical (unpaired) electrons. The van der Waals surface area contributed by atoms with Crippen LogP contribution in [0.2, 0.25) is 0 Å². The van der Waals surface area contributed by atoms with Gasteiger partial charge >= 0.3 is 0 Å². The van der Waals surface area contributed by atoms with E-state index in [9.17, 15) is 4.79 Å². The van der Waals surface area contributed by atoms with Crippen molar-refractivity contribution in [3.63, 3.8) is 0 Å². The fraction of sp³-hybridized carbons (Fsp3) is 0.889. The lowest BCUT2D eigenvalue weighted by molar-refractivity contribution is -0.118. The zero-order valence-electron chi connectivity index (χ0n) is 21.1. The Balaban J connectivity index is 2.15. The molecule has 1 saturated heterocycles. The molecular formula is C27H52N2O. The van der Waals surface area contributed by atoms with E-state index in [1.807, 2.05) is 6.08 Å². The summed E-state index contributed by atoms with van der Waals surface area (Å²) in [7, 11) is 0. The third-order valence-corrected chi connectivity index (χ3v) is 6.85. The van der Waals surface area contributed by atoms with Crippen LogP contribution in [0.3, 0.4) is 0 Å². The molecule has 0 saturated carbocycles. The van der Waals surface area contributed by atoms with E-state index in [0.717, 1.165) is 43.7 Å². The number of hydrogen-bond acceptors (Lipinski definition) is 2. The van der Waals surface area contributed by atoms with Crippen molar-refractivity contribution in [2.75, 3.05) is 13.1 Å². The Morgan fingerprint density at radius 3 is 2.17 bits per heavy atom. The van der Waals surface area contributed by atoms with Gasteiger partial charge in [-0.1, -0.05) is 85.1 Å². The molecule has 1 aliphatic rings. The van der Waals surface area contributed by atoms with Crippen LogP contribution in [0.4, 0.5) is 0 Å². The first-order valence-electron chi connectivity index (χ1n) is 13.0. The molecule has 3 atom stereocenters. The van der Waals surface area contributed by atoms with Crippen LogP contribution in [0.1, 0.15) is 119 Å². The van der Waals surface area contributed by atoms with Gasteiger partial charge in [-0.3, -0.25) is 9.69 Å². The third-order valence-electron chi connectivity index (χ3n) is 6.85. The average molecular weight is 421 g/mol. The molecule has 1 heterocycles. The summed E-state index contributed by atoms with van der Waals surface area (Å²) in [4.78, 5) is 14.8. The van der Waals surface area contributed by atoms with Crippen molar-refractivity contribution in [2.24, 2.45) is 17.8 Å². The van der Waals surface area contributed by atoms with Gasteiger partial charge in [0.25, 0.3) is 0 Å². The highest BCUT2D eigenvalue weighted by Crippen LogP contribution is 2.22. The maximum absolute atomic E-state index is 12.4. The molecule has 1 fully saturated rings. The summed E-state index contributed by atoms with van der Waals surface area (Å²) < 4.78 is 0. The van der Waals surface area contributed by atoms with Gasteiger partial charge in [0.15, 0.2) is 0 Å². The number of nitrogens with zero attached hydrogens (tertiary/aromatic N) is 1. The average Bonchev–Trinajstić information content (AvgIpc) is 2.68. The van der Waals surface area contributed by atoms with Crippen molar-refractivity contribution >= 4 is 5.91 Å². The van der Waals surface area contributed by atoms with Gasteiger partial charge in [0, 0.05) is 12.6 Å². The van der Waals surface area contributed by atoms with Crippen molar-refractivity contribution in [1.82, 2.24) is 10.2 Å². The van der Waals surface area contributed by atoms with E-state index in [1.165, 1.54) is 69.8 Å². The normalized spacial score (nSPS) is 20.4. The molecular weight excluding hydrogens is 368 g/mol. The van der Waals surface area contributed by atoms with Crippen molar-refractivity contribution in [2.45, 2.75) is 125 Å². The van der Waals surface area contributed by atoms with Gasteiger partial charge in [-0.25, -0.2) is 0 Å². The predicted octanol–water partition coefficient (Wildman–Crippen LogP) is 7.32. The third kappa shape index (κ3) is 12.8. The number of hydrogen-bond donors (Lipinski definition) is 1. The molecule has 0 aliphatic carbocycles. The van der Waals surface area contributed by atoms with Gasteiger partial charge < -0.3 is 5.32 Å². The van der Waals surface area contributed by atoms with E-state index in [4.69, 9.17) is 0 Å². The van der Waals surface area contributed by atoms with Crippen LogP contribution in [-0.4, -0.2) is 30.1 Å². The fourth-order valence-corrected chi connectivity index (χ4v) is 4.74. The molecule has 1 N–H and O–H groups in total. The first kappa shape index (κ1) is 27.2. The number of amides is 1. The molecule has 3 unspecified atom stereocenters. The SMILES string of the molecule is CCN1CCCCC1NC(=O)/C=C(\C)CCCC(C)CCCC(C)CCCC(C)C. The molecule has 0 aromatic rings. The Labute approximate surface area is 188 Å². The predicted molar refractivity (Wildman–Crippen MR) is 132 cm³/mol. The highest BCUT2D eigenvalue weighted by molar-refractivity contribution is 5.88. The van der Waals surface area contributed by atoms with E-state index < -0.39 is 0 Å². The highest BCUT2D eigenvalue weighted by atomic mass is 16.1. The Kier molecular flexibility index (Phi) is 14.4. The highest BCUT2D eigenvalue weighted by Gasteiger charge is 2.21. The molecule has 30 heavy (non-hydrogen) atoms. The van der Waals surface area contributed by atoms with Gasteiger partial charge in [-0.15, -0.1) is 0 Å². The van der Waals surface area contributed by atoms with Gasteiger partial charge in [0.1, 0.15) is 0 Å². The standard InChI is InChI=1S/C27H52N2O/c1-7-29-20-9-8-19-26(29)28-27(30)21-25(6)18-12-17-24(5)16-11-15-23(4)14-10-13-22(2)3/h21-24,26H,7-20H2,1-6H3,(H,28,30)/b25-21+. The van der Waals surface area contributed by atoms with Crippen molar-refractivity contribution in [3.05, 3.63) is 11.6 Å². The molecule has 176 valence electrons. The minimum atomic E-state index is 0.0948. The fourth-order valence-electron chi connectivity index (χ4n) is 4.74. The van der Waals surface area contributed by atoms with Crippen molar-refractivity contribution in [1.29, 1.82) is 0 Å². The summed E-state index contributed by atoms with van der Waals surface area (Å²) in [6, 6.07) is 0. The number of carbonyl (C=O) groups excluding carboxylic acids is 1. The van der Waals surface area contributed by atoms with Crippen LogP contribution in [-0.2, 0) is 4.79 Å². The smallest absolute Gasteiger partial charge is 0.245 e.